The van der Waals surface area contributed by atoms with Crippen LogP contribution in [0.4, 0.5) is 9.52 Å². The fraction of sp³-hybridized carbons (Fsp3) is 0.412. The number of piperidine rings is 1. The van der Waals surface area contributed by atoms with Gasteiger partial charge in [0.15, 0.2) is 16.7 Å². The molecule has 1 fully saturated rings. The van der Waals surface area contributed by atoms with Gasteiger partial charge in [-0.25, -0.2) is 9.37 Å². The van der Waals surface area contributed by atoms with Gasteiger partial charge in [-0.05, 0) is 44.1 Å². The number of hydrogen-bond donors (Lipinski definition) is 2. The van der Waals surface area contributed by atoms with Crippen LogP contribution in [-0.2, 0) is 9.53 Å². The van der Waals surface area contributed by atoms with Gasteiger partial charge in [-0.2, -0.15) is 0 Å². The smallest absolute Gasteiger partial charge is 0.258 e. The molecule has 1 amide bonds. The van der Waals surface area contributed by atoms with Crippen LogP contribution in [0.2, 0.25) is 0 Å². The Labute approximate surface area is 149 Å². The lowest BCUT2D eigenvalue weighted by atomic mass is 9.91. The molecule has 1 aliphatic heterocycles. The number of methoxy groups -OCH3 is 2. The Hall–Kier alpha value is -2.03. The lowest BCUT2D eigenvalue weighted by molar-refractivity contribution is -0.140. The number of benzene rings is 1. The molecule has 2 aromatic rings. The normalized spacial score (nSPS) is 16.4. The van der Waals surface area contributed by atoms with E-state index in [0.29, 0.717) is 29.2 Å². The summed E-state index contributed by atoms with van der Waals surface area (Å²) in [6.07, 6.45) is 1.22. The standard InChI is InChI=1S/C17H20FN3O3S/c1-23-14-4-3-11(9-12(14)18)13-10-25-16(20-13)21-15(22)17(24-2)5-7-19-8-6-17/h3-4,9-10,19H,5-8H2,1-2H3,(H,20,21,22). The molecule has 25 heavy (non-hydrogen) atoms. The summed E-state index contributed by atoms with van der Waals surface area (Å²) >= 11 is 1.29. The molecule has 6 nitrogen and oxygen atoms in total. The van der Waals surface area contributed by atoms with E-state index in [9.17, 15) is 9.18 Å². The van der Waals surface area contributed by atoms with E-state index in [-0.39, 0.29) is 11.7 Å². The molecule has 2 N–H and O–H groups in total. The Kier molecular flexibility index (Phi) is 5.31. The molecule has 0 saturated carbocycles. The maximum Gasteiger partial charge on any atom is 0.258 e. The third-order valence-corrected chi connectivity index (χ3v) is 5.15. The summed E-state index contributed by atoms with van der Waals surface area (Å²) in [7, 11) is 2.97. The maximum atomic E-state index is 13.9. The number of amides is 1. The third-order valence-electron chi connectivity index (χ3n) is 4.39. The van der Waals surface area contributed by atoms with Crippen molar-refractivity contribution < 1.29 is 18.7 Å². The van der Waals surface area contributed by atoms with Crippen LogP contribution in [0.3, 0.4) is 0 Å². The lowest BCUT2D eigenvalue weighted by Gasteiger charge is -2.34. The van der Waals surface area contributed by atoms with Gasteiger partial charge in [-0.15, -0.1) is 11.3 Å². The highest BCUT2D eigenvalue weighted by Gasteiger charge is 2.40. The van der Waals surface area contributed by atoms with Crippen molar-refractivity contribution in [2.45, 2.75) is 18.4 Å². The maximum absolute atomic E-state index is 13.9. The van der Waals surface area contributed by atoms with Gasteiger partial charge in [0.2, 0.25) is 0 Å². The molecule has 1 saturated heterocycles. The number of thiazole rings is 1. The van der Waals surface area contributed by atoms with E-state index < -0.39 is 11.4 Å². The van der Waals surface area contributed by atoms with E-state index in [2.05, 4.69) is 15.6 Å². The van der Waals surface area contributed by atoms with Gasteiger partial charge in [0.25, 0.3) is 5.91 Å². The van der Waals surface area contributed by atoms with E-state index in [4.69, 9.17) is 9.47 Å². The first-order valence-corrected chi connectivity index (χ1v) is 8.83. The SMILES string of the molecule is COc1ccc(-c2csc(NC(=O)C3(OC)CCNCC3)n2)cc1F. The van der Waals surface area contributed by atoms with E-state index in [0.717, 1.165) is 13.1 Å². The zero-order valence-corrected chi connectivity index (χ0v) is 14.9. The summed E-state index contributed by atoms with van der Waals surface area (Å²) in [4.78, 5) is 17.0. The predicted octanol–water partition coefficient (Wildman–Crippen LogP) is 2.66. The highest BCUT2D eigenvalue weighted by Crippen LogP contribution is 2.30. The molecule has 0 atom stereocenters. The Morgan fingerprint density at radius 2 is 2.12 bits per heavy atom. The van der Waals surface area contributed by atoms with Crippen LogP contribution in [0.15, 0.2) is 23.6 Å². The number of carbonyl (C=O) groups is 1. The Balaban J connectivity index is 1.75. The van der Waals surface area contributed by atoms with E-state index in [1.807, 2.05) is 0 Å². The second kappa shape index (κ2) is 7.47. The van der Waals surface area contributed by atoms with Crippen LogP contribution < -0.4 is 15.4 Å². The summed E-state index contributed by atoms with van der Waals surface area (Å²) in [6, 6.07) is 4.65. The highest BCUT2D eigenvalue weighted by atomic mass is 32.1. The first-order chi connectivity index (χ1) is 12.1. The average Bonchev–Trinajstić information content (AvgIpc) is 3.10. The minimum Gasteiger partial charge on any atom is -0.494 e. The molecular formula is C17H20FN3O3S. The van der Waals surface area contributed by atoms with Gasteiger partial charge in [0.1, 0.15) is 5.60 Å². The molecule has 134 valence electrons. The number of rotatable bonds is 5. The second-order valence-electron chi connectivity index (χ2n) is 5.79. The van der Waals surface area contributed by atoms with Crippen molar-refractivity contribution in [3.8, 4) is 17.0 Å². The molecule has 1 aliphatic rings. The van der Waals surface area contributed by atoms with Gasteiger partial charge in [-0.3, -0.25) is 10.1 Å². The molecule has 2 heterocycles. The molecule has 0 spiro atoms. The van der Waals surface area contributed by atoms with E-state index >= 15 is 0 Å². The Bertz CT molecular complexity index is 759. The number of anilines is 1. The molecular weight excluding hydrogens is 345 g/mol. The van der Waals surface area contributed by atoms with Crippen molar-refractivity contribution in [1.29, 1.82) is 0 Å². The number of halogens is 1. The van der Waals surface area contributed by atoms with Crippen LogP contribution >= 0.6 is 11.3 Å². The second-order valence-corrected chi connectivity index (χ2v) is 6.65. The van der Waals surface area contributed by atoms with Crippen LogP contribution in [0.1, 0.15) is 12.8 Å². The summed E-state index contributed by atoms with van der Waals surface area (Å²) in [5, 5.41) is 8.28. The van der Waals surface area contributed by atoms with Crippen molar-refractivity contribution in [3.05, 3.63) is 29.4 Å². The topological polar surface area (TPSA) is 72.5 Å². The quantitative estimate of drug-likeness (QED) is 0.852. The first-order valence-electron chi connectivity index (χ1n) is 7.95. The highest BCUT2D eigenvalue weighted by molar-refractivity contribution is 7.14. The minimum atomic E-state index is -0.830. The molecule has 8 heteroatoms. The summed E-state index contributed by atoms with van der Waals surface area (Å²) < 4.78 is 24.3. The van der Waals surface area contributed by atoms with Gasteiger partial charge >= 0.3 is 0 Å². The third kappa shape index (κ3) is 3.65. The number of nitrogens with one attached hydrogen (secondary N) is 2. The van der Waals surface area contributed by atoms with Crippen molar-refractivity contribution in [2.24, 2.45) is 0 Å². The molecule has 0 radical (unpaired) electrons. The van der Waals surface area contributed by atoms with Gasteiger partial charge in [0, 0.05) is 18.1 Å². The van der Waals surface area contributed by atoms with Crippen LogP contribution in [0.25, 0.3) is 11.3 Å². The predicted molar refractivity (Wildman–Crippen MR) is 94.5 cm³/mol. The Morgan fingerprint density at radius 3 is 2.76 bits per heavy atom. The number of carbonyl (C=O) groups excluding carboxylic acids is 1. The van der Waals surface area contributed by atoms with Crippen LogP contribution in [0.5, 0.6) is 5.75 Å². The number of hydrogen-bond acceptors (Lipinski definition) is 6. The van der Waals surface area contributed by atoms with Crippen LogP contribution in [-0.4, -0.2) is 43.8 Å². The monoisotopic (exact) mass is 365 g/mol. The molecule has 0 bridgehead atoms. The van der Waals surface area contributed by atoms with Crippen LogP contribution in [0, 0.1) is 5.82 Å². The van der Waals surface area contributed by atoms with Gasteiger partial charge < -0.3 is 14.8 Å². The van der Waals surface area contributed by atoms with Crippen molar-refractivity contribution in [2.75, 3.05) is 32.6 Å². The largest absolute Gasteiger partial charge is 0.494 e. The summed E-state index contributed by atoms with van der Waals surface area (Å²) in [5.74, 6) is -0.467. The van der Waals surface area contributed by atoms with Gasteiger partial charge in [0.05, 0.1) is 12.8 Å². The van der Waals surface area contributed by atoms with Crippen molar-refractivity contribution in [3.63, 3.8) is 0 Å². The van der Waals surface area contributed by atoms with E-state index in [1.54, 1.807) is 24.6 Å². The number of aromatic nitrogens is 1. The zero-order chi connectivity index (χ0) is 17.9. The van der Waals surface area contributed by atoms with E-state index in [1.165, 1.54) is 24.5 Å². The molecule has 1 aromatic carbocycles. The number of ether oxygens (including phenoxy) is 2. The Morgan fingerprint density at radius 1 is 1.36 bits per heavy atom. The minimum absolute atomic E-state index is 0.181. The lowest BCUT2D eigenvalue weighted by Crippen LogP contribution is -2.51. The van der Waals surface area contributed by atoms with Crippen molar-refractivity contribution >= 4 is 22.4 Å². The van der Waals surface area contributed by atoms with Gasteiger partial charge in [-0.1, -0.05) is 0 Å². The molecule has 0 aliphatic carbocycles. The fourth-order valence-electron chi connectivity index (χ4n) is 2.85. The molecule has 1 aromatic heterocycles. The summed E-state index contributed by atoms with van der Waals surface area (Å²) in [5.41, 5.74) is 0.389. The average molecular weight is 365 g/mol. The summed E-state index contributed by atoms with van der Waals surface area (Å²) in [6.45, 7) is 1.46. The fourth-order valence-corrected chi connectivity index (χ4v) is 3.57. The zero-order valence-electron chi connectivity index (χ0n) is 14.1. The molecule has 3 rings (SSSR count). The number of nitrogens with zero attached hydrogens (tertiary/aromatic N) is 1. The first kappa shape index (κ1) is 17.8. The van der Waals surface area contributed by atoms with Crippen molar-refractivity contribution in [1.82, 2.24) is 10.3 Å². The molecule has 0 unspecified atom stereocenters.